The molecular formula is C18H35O4P. The zero-order valence-corrected chi connectivity index (χ0v) is 15.8. The Morgan fingerprint density at radius 3 is 1.43 bits per heavy atom. The Morgan fingerprint density at radius 1 is 0.783 bits per heavy atom. The molecule has 0 unspecified atom stereocenters. The van der Waals surface area contributed by atoms with Crippen LogP contribution < -0.4 is 0 Å². The van der Waals surface area contributed by atoms with Crippen LogP contribution in [0.2, 0.25) is 0 Å². The largest absolute Gasteiger partial charge is 0.472 e. The Kier molecular flexibility index (Phi) is 8.07. The van der Waals surface area contributed by atoms with Crippen LogP contribution in [0.5, 0.6) is 0 Å². The number of hydrogen-bond acceptors (Lipinski definition) is 3. The molecule has 2 saturated carbocycles. The van der Waals surface area contributed by atoms with E-state index in [-0.39, 0.29) is 12.2 Å². The van der Waals surface area contributed by atoms with Gasteiger partial charge in [-0.05, 0) is 63.2 Å². The van der Waals surface area contributed by atoms with Gasteiger partial charge in [-0.25, -0.2) is 4.57 Å². The lowest BCUT2D eigenvalue weighted by Crippen LogP contribution is -2.24. The lowest BCUT2D eigenvalue weighted by Gasteiger charge is -2.32. The van der Waals surface area contributed by atoms with Crippen LogP contribution >= 0.6 is 7.82 Å². The van der Waals surface area contributed by atoms with Crippen molar-refractivity contribution in [2.24, 2.45) is 11.8 Å². The standard InChI is InChI=1S/C18H35O4P/c1-3-5-15-7-11-17(12-8-15)21-23(19,20)22-18-13-9-16(6-4-2)10-14-18/h15-18H,3-14H2,1-2H3,(H,19,20). The molecule has 23 heavy (non-hydrogen) atoms. The van der Waals surface area contributed by atoms with Gasteiger partial charge in [-0.2, -0.15) is 0 Å². The fourth-order valence-corrected chi connectivity index (χ4v) is 5.49. The van der Waals surface area contributed by atoms with Crippen LogP contribution in [0, 0.1) is 11.8 Å². The van der Waals surface area contributed by atoms with Crippen molar-refractivity contribution in [2.75, 3.05) is 0 Å². The summed E-state index contributed by atoms with van der Waals surface area (Å²) in [5.74, 6) is 1.54. The van der Waals surface area contributed by atoms with Gasteiger partial charge in [0, 0.05) is 0 Å². The van der Waals surface area contributed by atoms with E-state index in [1.165, 1.54) is 25.7 Å². The molecule has 2 aliphatic rings. The monoisotopic (exact) mass is 346 g/mol. The van der Waals surface area contributed by atoms with Crippen molar-refractivity contribution in [3.63, 3.8) is 0 Å². The van der Waals surface area contributed by atoms with E-state index in [1.807, 2.05) is 0 Å². The Bertz CT molecular complexity index is 339. The van der Waals surface area contributed by atoms with E-state index in [9.17, 15) is 9.46 Å². The predicted octanol–water partition coefficient (Wildman–Crippen LogP) is 5.84. The topological polar surface area (TPSA) is 55.8 Å². The van der Waals surface area contributed by atoms with Crippen molar-refractivity contribution < 1.29 is 18.5 Å². The quantitative estimate of drug-likeness (QED) is 0.561. The normalized spacial score (nSPS) is 34.9. The van der Waals surface area contributed by atoms with Crippen LogP contribution in [0.3, 0.4) is 0 Å². The minimum Gasteiger partial charge on any atom is -0.302 e. The molecule has 1 N–H and O–H groups in total. The molecule has 0 spiro atoms. The lowest BCUT2D eigenvalue weighted by atomic mass is 9.85. The Hall–Kier alpha value is 0.110. The van der Waals surface area contributed by atoms with Crippen molar-refractivity contribution >= 4 is 7.82 Å². The summed E-state index contributed by atoms with van der Waals surface area (Å²) in [7, 11) is -3.90. The van der Waals surface area contributed by atoms with Crippen LogP contribution in [0.1, 0.15) is 90.9 Å². The number of rotatable bonds is 8. The highest BCUT2D eigenvalue weighted by Gasteiger charge is 2.33. The van der Waals surface area contributed by atoms with E-state index in [4.69, 9.17) is 9.05 Å². The van der Waals surface area contributed by atoms with Crippen molar-refractivity contribution in [1.29, 1.82) is 0 Å². The Morgan fingerprint density at radius 2 is 1.13 bits per heavy atom. The van der Waals surface area contributed by atoms with Gasteiger partial charge in [0.2, 0.25) is 0 Å². The van der Waals surface area contributed by atoms with Crippen molar-refractivity contribution in [3.8, 4) is 0 Å². The molecule has 2 aliphatic carbocycles. The van der Waals surface area contributed by atoms with Crippen LogP contribution in [-0.4, -0.2) is 17.1 Å². The molecule has 0 saturated heterocycles. The average molecular weight is 346 g/mol. The smallest absolute Gasteiger partial charge is 0.302 e. The first-order valence-electron chi connectivity index (χ1n) is 9.72. The fraction of sp³-hybridized carbons (Fsp3) is 1.00. The van der Waals surface area contributed by atoms with E-state index >= 15 is 0 Å². The SMILES string of the molecule is CCCC1CCC(OP(=O)(O)OC2CCC(CCC)CC2)CC1. The van der Waals surface area contributed by atoms with Gasteiger partial charge in [0.25, 0.3) is 0 Å². The minimum atomic E-state index is -3.90. The Labute approximate surface area is 142 Å². The summed E-state index contributed by atoms with van der Waals surface area (Å²) in [4.78, 5) is 10.1. The zero-order chi connectivity index (χ0) is 16.7. The lowest BCUT2D eigenvalue weighted by molar-refractivity contribution is 0.0352. The molecule has 0 heterocycles. The van der Waals surface area contributed by atoms with Gasteiger partial charge in [0.05, 0.1) is 12.2 Å². The first-order valence-corrected chi connectivity index (χ1v) is 11.2. The molecule has 5 heteroatoms. The van der Waals surface area contributed by atoms with Crippen molar-refractivity contribution in [3.05, 3.63) is 0 Å². The van der Waals surface area contributed by atoms with Gasteiger partial charge in [-0.15, -0.1) is 0 Å². The molecule has 136 valence electrons. The molecule has 0 radical (unpaired) electrons. The van der Waals surface area contributed by atoms with Crippen molar-refractivity contribution in [2.45, 2.75) is 103 Å². The molecular weight excluding hydrogens is 311 g/mol. The first kappa shape index (κ1) is 19.4. The summed E-state index contributed by atoms with van der Waals surface area (Å²) in [6.07, 6.45) is 12.8. The summed E-state index contributed by atoms with van der Waals surface area (Å²) >= 11 is 0. The second-order valence-electron chi connectivity index (χ2n) is 7.54. The second-order valence-corrected chi connectivity index (χ2v) is 8.90. The van der Waals surface area contributed by atoms with E-state index in [0.717, 1.165) is 63.2 Å². The van der Waals surface area contributed by atoms with Crippen LogP contribution in [0.15, 0.2) is 0 Å². The summed E-state index contributed by atoms with van der Waals surface area (Å²) in [5, 5.41) is 0. The molecule has 0 aromatic rings. The summed E-state index contributed by atoms with van der Waals surface area (Å²) in [6, 6.07) is 0. The van der Waals surface area contributed by atoms with Gasteiger partial charge >= 0.3 is 7.82 Å². The van der Waals surface area contributed by atoms with Gasteiger partial charge in [0.15, 0.2) is 0 Å². The summed E-state index contributed by atoms with van der Waals surface area (Å²) in [5.41, 5.74) is 0. The van der Waals surface area contributed by atoms with Crippen molar-refractivity contribution in [1.82, 2.24) is 0 Å². The molecule has 2 rings (SSSR count). The molecule has 0 atom stereocenters. The molecule has 0 bridgehead atoms. The van der Waals surface area contributed by atoms with E-state index in [1.54, 1.807) is 0 Å². The van der Waals surface area contributed by atoms with Crippen LogP contribution in [0.25, 0.3) is 0 Å². The highest BCUT2D eigenvalue weighted by molar-refractivity contribution is 7.47. The van der Waals surface area contributed by atoms with Crippen LogP contribution in [0.4, 0.5) is 0 Å². The van der Waals surface area contributed by atoms with E-state index in [2.05, 4.69) is 13.8 Å². The first-order chi connectivity index (χ1) is 11.0. The molecule has 0 amide bonds. The van der Waals surface area contributed by atoms with E-state index in [0.29, 0.717) is 0 Å². The third-order valence-corrected chi connectivity index (χ3v) is 6.68. The maximum absolute atomic E-state index is 12.3. The summed E-state index contributed by atoms with van der Waals surface area (Å²) < 4.78 is 23.2. The maximum Gasteiger partial charge on any atom is 0.472 e. The average Bonchev–Trinajstić information content (AvgIpc) is 2.51. The third kappa shape index (κ3) is 6.86. The highest BCUT2D eigenvalue weighted by Crippen LogP contribution is 2.50. The third-order valence-electron chi connectivity index (χ3n) is 5.55. The van der Waals surface area contributed by atoms with Gasteiger partial charge in [-0.1, -0.05) is 39.5 Å². The van der Waals surface area contributed by atoms with Gasteiger partial charge in [-0.3, -0.25) is 9.05 Å². The van der Waals surface area contributed by atoms with E-state index < -0.39 is 7.82 Å². The molecule has 0 aromatic carbocycles. The maximum atomic E-state index is 12.3. The fourth-order valence-electron chi connectivity index (χ4n) is 4.27. The molecule has 4 nitrogen and oxygen atoms in total. The summed E-state index contributed by atoms with van der Waals surface area (Å²) in [6.45, 7) is 4.43. The van der Waals surface area contributed by atoms with Gasteiger partial charge in [0.1, 0.15) is 0 Å². The molecule has 0 aliphatic heterocycles. The molecule has 2 fully saturated rings. The minimum absolute atomic E-state index is 0.102. The second kappa shape index (κ2) is 9.56. The number of hydrogen-bond donors (Lipinski definition) is 1. The predicted molar refractivity (Wildman–Crippen MR) is 93.3 cm³/mol. The number of phosphoric ester groups is 1. The Balaban J connectivity index is 1.70. The van der Waals surface area contributed by atoms with Gasteiger partial charge < -0.3 is 4.89 Å². The zero-order valence-electron chi connectivity index (χ0n) is 14.9. The number of phosphoric acid groups is 1. The highest BCUT2D eigenvalue weighted by atomic mass is 31.2. The molecule has 0 aromatic heterocycles. The van der Waals surface area contributed by atoms with Crippen LogP contribution in [-0.2, 0) is 13.6 Å².